The predicted octanol–water partition coefficient (Wildman–Crippen LogP) is 3.77. The molecule has 1 aromatic rings. The summed E-state index contributed by atoms with van der Waals surface area (Å²) in [6.45, 7) is 8.02. The van der Waals surface area contributed by atoms with Crippen LogP contribution in [-0.2, 0) is 11.3 Å². The first kappa shape index (κ1) is 16.3. The van der Waals surface area contributed by atoms with E-state index in [4.69, 9.17) is 9.47 Å². The highest BCUT2D eigenvalue weighted by molar-refractivity contribution is 5.27. The largest absolute Gasteiger partial charge is 0.494 e. The summed E-state index contributed by atoms with van der Waals surface area (Å²) in [6.07, 6.45) is 4.79. The van der Waals surface area contributed by atoms with E-state index < -0.39 is 0 Å². The lowest BCUT2D eigenvalue weighted by Crippen LogP contribution is -2.33. The van der Waals surface area contributed by atoms with Crippen LogP contribution in [0.5, 0.6) is 5.75 Å². The highest BCUT2D eigenvalue weighted by Gasteiger charge is 2.21. The minimum Gasteiger partial charge on any atom is -0.494 e. The Balaban J connectivity index is 1.69. The zero-order valence-electron chi connectivity index (χ0n) is 13.4. The predicted molar refractivity (Wildman–Crippen MR) is 86.7 cm³/mol. The minimum atomic E-state index is 0.512. The first-order valence-electron chi connectivity index (χ1n) is 8.32. The van der Waals surface area contributed by atoms with Gasteiger partial charge in [-0.15, -0.1) is 0 Å². The smallest absolute Gasteiger partial charge is 0.119 e. The van der Waals surface area contributed by atoms with Gasteiger partial charge in [0.05, 0.1) is 13.2 Å². The summed E-state index contributed by atoms with van der Waals surface area (Å²) < 4.78 is 11.2. The Hall–Kier alpha value is -1.06. The summed E-state index contributed by atoms with van der Waals surface area (Å²) in [7, 11) is 0. The summed E-state index contributed by atoms with van der Waals surface area (Å²) in [6, 6.07) is 8.97. The van der Waals surface area contributed by atoms with Crippen molar-refractivity contribution in [1.82, 2.24) is 5.32 Å². The third-order valence-corrected chi connectivity index (χ3v) is 4.24. The normalized spacial score (nSPS) is 19.6. The molecule has 3 nitrogen and oxygen atoms in total. The molecule has 1 saturated heterocycles. The number of hydrogen-bond acceptors (Lipinski definition) is 3. The van der Waals surface area contributed by atoms with Crippen LogP contribution in [0.1, 0.15) is 45.1 Å². The third-order valence-electron chi connectivity index (χ3n) is 4.24. The Morgan fingerprint density at radius 3 is 2.76 bits per heavy atom. The molecule has 3 heteroatoms. The van der Waals surface area contributed by atoms with Crippen LogP contribution in [0.2, 0.25) is 0 Å². The van der Waals surface area contributed by atoms with Crippen molar-refractivity contribution in [3.8, 4) is 5.75 Å². The molecule has 1 aromatic carbocycles. The molecule has 118 valence electrons. The molecule has 1 N–H and O–H groups in total. The van der Waals surface area contributed by atoms with Crippen molar-refractivity contribution < 1.29 is 9.47 Å². The molecule has 2 rings (SSSR count). The summed E-state index contributed by atoms with van der Waals surface area (Å²) >= 11 is 0. The zero-order valence-corrected chi connectivity index (χ0v) is 13.4. The van der Waals surface area contributed by atoms with Gasteiger partial charge in [-0.2, -0.15) is 0 Å². The van der Waals surface area contributed by atoms with Crippen LogP contribution in [0.25, 0.3) is 0 Å². The quantitative estimate of drug-likeness (QED) is 0.703. The molecule has 0 saturated carbocycles. The SMILES string of the molecule is CCCCCOc1ccc(CNC(C)C2CCOC2)cc1. The standard InChI is InChI=1S/C18H29NO2/c1-3-4-5-11-21-18-8-6-16(7-9-18)13-19-15(2)17-10-12-20-14-17/h6-9,15,17,19H,3-5,10-14H2,1-2H3. The summed E-state index contributed by atoms with van der Waals surface area (Å²) in [4.78, 5) is 0. The van der Waals surface area contributed by atoms with Gasteiger partial charge in [-0.3, -0.25) is 0 Å². The van der Waals surface area contributed by atoms with Gasteiger partial charge in [-0.1, -0.05) is 31.9 Å². The Labute approximate surface area is 129 Å². The number of ether oxygens (including phenoxy) is 2. The molecule has 0 amide bonds. The van der Waals surface area contributed by atoms with Crippen LogP contribution >= 0.6 is 0 Å². The average Bonchev–Trinajstić information content (AvgIpc) is 3.05. The van der Waals surface area contributed by atoms with Gasteiger partial charge in [0.15, 0.2) is 0 Å². The number of nitrogens with one attached hydrogen (secondary N) is 1. The van der Waals surface area contributed by atoms with E-state index in [0.717, 1.165) is 38.5 Å². The molecule has 1 heterocycles. The number of benzene rings is 1. The summed E-state index contributed by atoms with van der Waals surface area (Å²) in [5.41, 5.74) is 1.31. The maximum absolute atomic E-state index is 5.73. The topological polar surface area (TPSA) is 30.5 Å². The highest BCUT2D eigenvalue weighted by atomic mass is 16.5. The molecular formula is C18H29NO2. The van der Waals surface area contributed by atoms with Crippen LogP contribution < -0.4 is 10.1 Å². The van der Waals surface area contributed by atoms with Crippen molar-refractivity contribution in [1.29, 1.82) is 0 Å². The molecule has 1 aliphatic rings. The molecule has 2 atom stereocenters. The lowest BCUT2D eigenvalue weighted by atomic mass is 10.0. The lowest BCUT2D eigenvalue weighted by Gasteiger charge is -2.19. The Morgan fingerprint density at radius 2 is 2.10 bits per heavy atom. The van der Waals surface area contributed by atoms with Gasteiger partial charge in [0, 0.05) is 19.2 Å². The van der Waals surface area contributed by atoms with Crippen molar-refractivity contribution in [2.45, 2.75) is 52.1 Å². The monoisotopic (exact) mass is 291 g/mol. The second-order valence-electron chi connectivity index (χ2n) is 5.99. The Kier molecular flexibility index (Phi) is 7.04. The van der Waals surface area contributed by atoms with E-state index >= 15 is 0 Å². The summed E-state index contributed by atoms with van der Waals surface area (Å²) in [5, 5.41) is 3.60. The van der Waals surface area contributed by atoms with Gasteiger partial charge >= 0.3 is 0 Å². The molecule has 0 aromatic heterocycles. The Morgan fingerprint density at radius 1 is 1.29 bits per heavy atom. The third kappa shape index (κ3) is 5.68. The van der Waals surface area contributed by atoms with Gasteiger partial charge < -0.3 is 14.8 Å². The maximum Gasteiger partial charge on any atom is 0.119 e. The Bertz CT molecular complexity index is 385. The minimum absolute atomic E-state index is 0.512. The second-order valence-corrected chi connectivity index (χ2v) is 5.99. The lowest BCUT2D eigenvalue weighted by molar-refractivity contribution is 0.178. The van der Waals surface area contributed by atoms with Crippen LogP contribution in [0, 0.1) is 5.92 Å². The molecule has 1 aliphatic heterocycles. The maximum atomic E-state index is 5.73. The van der Waals surface area contributed by atoms with E-state index in [0.29, 0.717) is 12.0 Å². The molecule has 0 bridgehead atoms. The number of hydrogen-bond donors (Lipinski definition) is 1. The van der Waals surface area contributed by atoms with E-state index in [2.05, 4.69) is 43.4 Å². The average molecular weight is 291 g/mol. The van der Waals surface area contributed by atoms with Gasteiger partial charge in [-0.05, 0) is 43.4 Å². The van der Waals surface area contributed by atoms with Gasteiger partial charge in [0.2, 0.25) is 0 Å². The zero-order chi connectivity index (χ0) is 14.9. The van der Waals surface area contributed by atoms with Gasteiger partial charge in [-0.25, -0.2) is 0 Å². The fraction of sp³-hybridized carbons (Fsp3) is 0.667. The van der Waals surface area contributed by atoms with Crippen LogP contribution in [0.4, 0.5) is 0 Å². The van der Waals surface area contributed by atoms with Crippen molar-refractivity contribution in [2.75, 3.05) is 19.8 Å². The molecule has 0 spiro atoms. The van der Waals surface area contributed by atoms with Crippen molar-refractivity contribution >= 4 is 0 Å². The molecule has 1 fully saturated rings. The number of rotatable bonds is 9. The summed E-state index contributed by atoms with van der Waals surface area (Å²) in [5.74, 6) is 1.64. The fourth-order valence-corrected chi connectivity index (χ4v) is 2.64. The first-order chi connectivity index (χ1) is 10.3. The molecule has 21 heavy (non-hydrogen) atoms. The molecule has 2 unspecified atom stereocenters. The molecular weight excluding hydrogens is 262 g/mol. The highest BCUT2D eigenvalue weighted by Crippen LogP contribution is 2.17. The van der Waals surface area contributed by atoms with Crippen molar-refractivity contribution in [3.05, 3.63) is 29.8 Å². The second kappa shape index (κ2) is 9.06. The van der Waals surface area contributed by atoms with E-state index in [1.807, 2.05) is 0 Å². The van der Waals surface area contributed by atoms with Crippen molar-refractivity contribution in [2.24, 2.45) is 5.92 Å². The molecule has 0 aliphatic carbocycles. The van der Waals surface area contributed by atoms with Crippen LogP contribution in [0.15, 0.2) is 24.3 Å². The fourth-order valence-electron chi connectivity index (χ4n) is 2.64. The van der Waals surface area contributed by atoms with Crippen LogP contribution in [0.3, 0.4) is 0 Å². The van der Waals surface area contributed by atoms with Gasteiger partial charge in [0.1, 0.15) is 5.75 Å². The van der Waals surface area contributed by atoms with E-state index in [1.165, 1.54) is 24.8 Å². The number of unbranched alkanes of at least 4 members (excludes halogenated alkanes) is 2. The van der Waals surface area contributed by atoms with E-state index in [-0.39, 0.29) is 0 Å². The van der Waals surface area contributed by atoms with E-state index in [1.54, 1.807) is 0 Å². The van der Waals surface area contributed by atoms with Crippen molar-refractivity contribution in [3.63, 3.8) is 0 Å². The first-order valence-corrected chi connectivity index (χ1v) is 8.32. The molecule has 0 radical (unpaired) electrons. The van der Waals surface area contributed by atoms with Crippen LogP contribution in [-0.4, -0.2) is 25.9 Å². The van der Waals surface area contributed by atoms with E-state index in [9.17, 15) is 0 Å². The van der Waals surface area contributed by atoms with Gasteiger partial charge in [0.25, 0.3) is 0 Å².